The van der Waals surface area contributed by atoms with E-state index in [2.05, 4.69) is 20.9 Å². The molecule has 1 fully saturated rings. The van der Waals surface area contributed by atoms with Gasteiger partial charge in [0, 0.05) is 12.1 Å². The van der Waals surface area contributed by atoms with Crippen LogP contribution < -0.4 is 9.47 Å². The smallest absolute Gasteiger partial charge is 0.266 e. The molecule has 3 rings (SSSR count). The Morgan fingerprint density at radius 2 is 1.88 bits per heavy atom. The van der Waals surface area contributed by atoms with Crippen molar-refractivity contribution in [2.45, 2.75) is 46.4 Å². The van der Waals surface area contributed by atoms with Gasteiger partial charge in [0.1, 0.15) is 12.4 Å². The highest BCUT2D eigenvalue weighted by molar-refractivity contribution is 9.10. The van der Waals surface area contributed by atoms with Gasteiger partial charge >= 0.3 is 0 Å². The molecule has 1 heterocycles. The van der Waals surface area contributed by atoms with Gasteiger partial charge in [0.25, 0.3) is 5.91 Å². The van der Waals surface area contributed by atoms with Crippen LogP contribution in [0.3, 0.4) is 0 Å². The average molecular weight is 521 g/mol. The summed E-state index contributed by atoms with van der Waals surface area (Å²) in [5.41, 5.74) is 1.64. The van der Waals surface area contributed by atoms with Gasteiger partial charge in [-0.1, -0.05) is 12.1 Å². The second kappa shape index (κ2) is 10.5. The number of hydrogen-bond donors (Lipinski definition) is 0. The van der Waals surface area contributed by atoms with Gasteiger partial charge < -0.3 is 9.47 Å². The van der Waals surface area contributed by atoms with E-state index in [1.54, 1.807) is 24.1 Å². The van der Waals surface area contributed by atoms with E-state index in [1.807, 2.05) is 45.9 Å². The van der Waals surface area contributed by atoms with Crippen molar-refractivity contribution >= 4 is 44.8 Å². The molecule has 1 amide bonds. The Labute approximate surface area is 200 Å². The van der Waals surface area contributed by atoms with E-state index in [0.29, 0.717) is 20.9 Å². The molecule has 0 aliphatic carbocycles. The fourth-order valence-electron chi connectivity index (χ4n) is 3.10. The summed E-state index contributed by atoms with van der Waals surface area (Å²) in [5, 5.41) is 0.719. The maximum Gasteiger partial charge on any atom is 0.266 e. The van der Waals surface area contributed by atoms with Crippen LogP contribution in [0.25, 0.3) is 6.08 Å². The molecule has 2 aromatic rings. The molecule has 0 saturated carbocycles. The number of carbonyl (C=O) groups excluding carboxylic acids is 1. The van der Waals surface area contributed by atoms with Crippen molar-refractivity contribution < 1.29 is 18.7 Å². The Hall–Kier alpha value is -2.32. The third-order valence-electron chi connectivity index (χ3n) is 4.57. The number of amidine groups is 1. The molecule has 1 aliphatic heterocycles. The van der Waals surface area contributed by atoms with Crippen molar-refractivity contribution in [1.29, 1.82) is 0 Å². The minimum absolute atomic E-state index is 0.0157. The Bertz CT molecular complexity index is 1050. The third kappa shape index (κ3) is 5.72. The first-order valence-electron chi connectivity index (χ1n) is 10.2. The van der Waals surface area contributed by atoms with Crippen molar-refractivity contribution in [2.24, 2.45) is 4.99 Å². The first kappa shape index (κ1) is 24.3. The molecule has 0 bridgehead atoms. The second-order valence-electron chi connectivity index (χ2n) is 7.83. The lowest BCUT2D eigenvalue weighted by Crippen LogP contribution is -2.35. The zero-order valence-electron chi connectivity index (χ0n) is 18.7. The topological polar surface area (TPSA) is 51.1 Å². The summed E-state index contributed by atoms with van der Waals surface area (Å²) < 4.78 is 25.3. The van der Waals surface area contributed by atoms with Crippen molar-refractivity contribution in [1.82, 2.24) is 4.90 Å². The van der Waals surface area contributed by atoms with Crippen LogP contribution in [0, 0.1) is 5.82 Å². The summed E-state index contributed by atoms with van der Waals surface area (Å²) in [4.78, 5) is 19.9. The van der Waals surface area contributed by atoms with Crippen LogP contribution in [0.2, 0.25) is 0 Å². The van der Waals surface area contributed by atoms with Gasteiger partial charge in [0.2, 0.25) is 0 Å². The van der Waals surface area contributed by atoms with Gasteiger partial charge in [-0.05, 0) is 96.9 Å². The Balaban J connectivity index is 1.87. The second-order valence-corrected chi connectivity index (χ2v) is 9.70. The maximum atomic E-state index is 13.1. The molecule has 32 heavy (non-hydrogen) atoms. The third-order valence-corrected chi connectivity index (χ3v) is 6.15. The number of nitrogens with zero attached hydrogens (tertiary/aromatic N) is 2. The average Bonchev–Trinajstić information content (AvgIpc) is 3.02. The fourth-order valence-corrected chi connectivity index (χ4v) is 4.91. The highest BCUT2D eigenvalue weighted by Gasteiger charge is 2.35. The zero-order chi connectivity index (χ0) is 23.4. The number of aliphatic imine (C=N–C) groups is 1. The quantitative estimate of drug-likeness (QED) is 0.404. The molecule has 0 aromatic heterocycles. The first-order chi connectivity index (χ1) is 15.2. The number of benzene rings is 2. The molecular weight excluding hydrogens is 495 g/mol. The SMILES string of the molecule is COc1cc(/C=C2/SC(=NC(C)C)N(C(C)C)C2=O)cc(Br)c1OCc1ccc(F)cc1. The lowest BCUT2D eigenvalue weighted by atomic mass is 10.1. The number of amides is 1. The Kier molecular flexibility index (Phi) is 8.00. The standard InChI is InChI=1S/C24H26BrFN2O3S/c1-14(2)27-24-28(15(3)4)23(29)21(32-24)12-17-10-19(25)22(20(11-17)30-5)31-13-16-6-8-18(26)9-7-16/h6-12,14-15H,13H2,1-5H3/b21-12+,27-24?. The van der Waals surface area contributed by atoms with Crippen molar-refractivity contribution in [3.05, 3.63) is 62.7 Å². The number of halogens is 2. The van der Waals surface area contributed by atoms with Crippen molar-refractivity contribution in [2.75, 3.05) is 7.11 Å². The summed E-state index contributed by atoms with van der Waals surface area (Å²) in [6.07, 6.45) is 1.84. The van der Waals surface area contributed by atoms with E-state index in [0.717, 1.165) is 16.3 Å². The first-order valence-corrected chi connectivity index (χ1v) is 11.9. The molecule has 0 atom stereocenters. The number of carbonyl (C=O) groups is 1. The van der Waals surface area contributed by atoms with Crippen LogP contribution >= 0.6 is 27.7 Å². The highest BCUT2D eigenvalue weighted by atomic mass is 79.9. The number of rotatable bonds is 7. The molecule has 170 valence electrons. The summed E-state index contributed by atoms with van der Waals surface area (Å²) in [7, 11) is 1.56. The van der Waals surface area contributed by atoms with Crippen LogP contribution in [0.4, 0.5) is 4.39 Å². The minimum atomic E-state index is -0.290. The van der Waals surface area contributed by atoms with Crippen LogP contribution in [0.1, 0.15) is 38.8 Å². The van der Waals surface area contributed by atoms with Gasteiger partial charge in [-0.25, -0.2) is 4.39 Å². The summed E-state index contributed by atoms with van der Waals surface area (Å²) in [6, 6.07) is 9.95. The van der Waals surface area contributed by atoms with Crippen LogP contribution in [-0.4, -0.2) is 35.2 Å². The van der Waals surface area contributed by atoms with Crippen molar-refractivity contribution in [3.8, 4) is 11.5 Å². The lowest BCUT2D eigenvalue weighted by Gasteiger charge is -2.20. The Morgan fingerprint density at radius 3 is 2.47 bits per heavy atom. The molecule has 0 radical (unpaired) electrons. The zero-order valence-corrected chi connectivity index (χ0v) is 21.1. The molecule has 1 aliphatic rings. The molecule has 0 N–H and O–H groups in total. The van der Waals surface area contributed by atoms with Crippen molar-refractivity contribution in [3.63, 3.8) is 0 Å². The number of ether oxygens (including phenoxy) is 2. The molecular formula is C24H26BrFN2O3S. The molecule has 2 aromatic carbocycles. The minimum Gasteiger partial charge on any atom is -0.493 e. The van der Waals surface area contributed by atoms with E-state index < -0.39 is 0 Å². The van der Waals surface area contributed by atoms with Gasteiger partial charge in [0.15, 0.2) is 16.7 Å². The van der Waals surface area contributed by atoms with Gasteiger partial charge in [-0.3, -0.25) is 14.7 Å². The lowest BCUT2D eigenvalue weighted by molar-refractivity contribution is -0.123. The summed E-state index contributed by atoms with van der Waals surface area (Å²) >= 11 is 4.93. The normalized spacial score (nSPS) is 16.7. The van der Waals surface area contributed by atoms with Crippen LogP contribution in [0.5, 0.6) is 11.5 Å². The van der Waals surface area contributed by atoms with E-state index in [-0.39, 0.29) is 30.4 Å². The van der Waals surface area contributed by atoms with Gasteiger partial charge in [0.05, 0.1) is 16.5 Å². The van der Waals surface area contributed by atoms with Crippen LogP contribution in [0.15, 0.2) is 50.8 Å². The van der Waals surface area contributed by atoms with Gasteiger partial charge in [-0.15, -0.1) is 0 Å². The summed E-state index contributed by atoms with van der Waals surface area (Å²) in [5.74, 6) is 0.716. The highest BCUT2D eigenvalue weighted by Crippen LogP contribution is 2.40. The van der Waals surface area contributed by atoms with E-state index in [4.69, 9.17) is 9.47 Å². The monoisotopic (exact) mass is 520 g/mol. The number of methoxy groups -OCH3 is 1. The van der Waals surface area contributed by atoms with Crippen LogP contribution in [-0.2, 0) is 11.4 Å². The molecule has 0 unspecified atom stereocenters. The largest absolute Gasteiger partial charge is 0.493 e. The Morgan fingerprint density at radius 1 is 1.19 bits per heavy atom. The fraction of sp³-hybridized carbons (Fsp3) is 0.333. The predicted octanol–water partition coefficient (Wildman–Crippen LogP) is 6.26. The van der Waals surface area contributed by atoms with E-state index >= 15 is 0 Å². The summed E-state index contributed by atoms with van der Waals surface area (Å²) in [6.45, 7) is 8.20. The van der Waals surface area contributed by atoms with E-state index in [1.165, 1.54) is 23.9 Å². The predicted molar refractivity (Wildman–Crippen MR) is 132 cm³/mol. The number of thioether (sulfide) groups is 1. The maximum absolute atomic E-state index is 13.1. The van der Waals surface area contributed by atoms with Gasteiger partial charge in [-0.2, -0.15) is 0 Å². The molecule has 5 nitrogen and oxygen atoms in total. The van der Waals surface area contributed by atoms with E-state index in [9.17, 15) is 9.18 Å². The molecule has 8 heteroatoms. The number of hydrogen-bond acceptors (Lipinski definition) is 5. The molecule has 1 saturated heterocycles. The molecule has 0 spiro atoms.